The van der Waals surface area contributed by atoms with Gasteiger partial charge < -0.3 is 14.3 Å². The number of fused-ring (bicyclic) bond motifs is 5. The fourth-order valence-corrected chi connectivity index (χ4v) is 7.78. The van der Waals surface area contributed by atoms with E-state index in [9.17, 15) is 9.90 Å². The molecule has 0 aromatic carbocycles. The van der Waals surface area contributed by atoms with Gasteiger partial charge in [-0.3, -0.25) is 0 Å². The molecule has 4 nitrogen and oxygen atoms in total. The molecule has 5 rings (SSSR count). The lowest BCUT2D eigenvalue weighted by molar-refractivity contribution is -0.212. The Morgan fingerprint density at radius 2 is 1.79 bits per heavy atom. The Hall–Kier alpha value is -1.13. The summed E-state index contributed by atoms with van der Waals surface area (Å²) in [6, 6.07) is 3.44. The van der Waals surface area contributed by atoms with E-state index in [1.165, 1.54) is 18.9 Å². The van der Waals surface area contributed by atoms with Crippen LogP contribution in [0.1, 0.15) is 84.1 Å². The third-order valence-electron chi connectivity index (χ3n) is 9.48. The Morgan fingerprint density at radius 1 is 1.00 bits per heavy atom. The maximum Gasteiger partial charge on any atom is 0.335 e. The standard InChI is InChI=1S/C23H32O4.C2H6/c1-21-11-12-26-14-16(21)4-5-19-18(21)7-9-22(2)17(8-10-23(19,22)25)15-3-6-20(24)27-13-15;1-2/h3,6,13,16-19,25H,4-5,7-12,14H2,1-2H3;1-2H3/t16-,17?,18?,19?,21?,22-,23+;/m1./s1. The van der Waals surface area contributed by atoms with E-state index in [2.05, 4.69) is 13.8 Å². The lowest BCUT2D eigenvalue weighted by Gasteiger charge is -2.63. The first kappa shape index (κ1) is 21.1. The summed E-state index contributed by atoms with van der Waals surface area (Å²) < 4.78 is 11.0. The van der Waals surface area contributed by atoms with E-state index in [0.29, 0.717) is 23.2 Å². The minimum Gasteiger partial charge on any atom is -0.431 e. The number of ether oxygens (including phenoxy) is 1. The third-order valence-corrected chi connectivity index (χ3v) is 9.48. The zero-order valence-electron chi connectivity index (χ0n) is 18.6. The van der Waals surface area contributed by atoms with Gasteiger partial charge in [0.15, 0.2) is 0 Å². The maximum atomic E-state index is 12.1. The van der Waals surface area contributed by atoms with Gasteiger partial charge in [0.25, 0.3) is 0 Å². The topological polar surface area (TPSA) is 59.7 Å². The highest BCUT2D eigenvalue weighted by Crippen LogP contribution is 2.69. The van der Waals surface area contributed by atoms with Gasteiger partial charge in [0.2, 0.25) is 0 Å². The quantitative estimate of drug-likeness (QED) is 0.706. The molecule has 0 radical (unpaired) electrons. The highest BCUT2D eigenvalue weighted by atomic mass is 16.5. The highest BCUT2D eigenvalue weighted by Gasteiger charge is 2.67. The number of rotatable bonds is 1. The average Bonchev–Trinajstić information content (AvgIpc) is 3.01. The van der Waals surface area contributed by atoms with Gasteiger partial charge in [-0.2, -0.15) is 0 Å². The van der Waals surface area contributed by atoms with Gasteiger partial charge in [-0.25, -0.2) is 4.79 Å². The second kappa shape index (κ2) is 7.53. The van der Waals surface area contributed by atoms with Crippen molar-refractivity contribution >= 4 is 0 Å². The fourth-order valence-electron chi connectivity index (χ4n) is 7.78. The van der Waals surface area contributed by atoms with Crippen molar-refractivity contribution in [3.05, 3.63) is 34.4 Å². The van der Waals surface area contributed by atoms with Crippen LogP contribution in [0.15, 0.2) is 27.6 Å². The summed E-state index contributed by atoms with van der Waals surface area (Å²) >= 11 is 0. The molecule has 162 valence electrons. The summed E-state index contributed by atoms with van der Waals surface area (Å²) in [7, 11) is 0. The Kier molecular flexibility index (Phi) is 5.48. The number of hydrogen-bond acceptors (Lipinski definition) is 4. The van der Waals surface area contributed by atoms with Crippen molar-refractivity contribution < 1.29 is 14.3 Å². The minimum absolute atomic E-state index is 0.136. The summed E-state index contributed by atoms with van der Waals surface area (Å²) in [5.74, 6) is 1.91. The monoisotopic (exact) mass is 402 g/mol. The molecule has 29 heavy (non-hydrogen) atoms. The van der Waals surface area contributed by atoms with Gasteiger partial charge in [0, 0.05) is 24.7 Å². The van der Waals surface area contributed by atoms with E-state index in [1.54, 1.807) is 6.26 Å². The zero-order chi connectivity index (χ0) is 20.9. The molecule has 3 saturated carbocycles. The summed E-state index contributed by atoms with van der Waals surface area (Å²) in [6.07, 6.45) is 9.17. The lowest BCUT2D eigenvalue weighted by Crippen LogP contribution is -2.62. The summed E-state index contributed by atoms with van der Waals surface area (Å²) in [5, 5.41) is 12.1. The first-order chi connectivity index (χ1) is 13.9. The average molecular weight is 403 g/mol. The first-order valence-corrected chi connectivity index (χ1v) is 11.8. The molecule has 1 aliphatic heterocycles. The van der Waals surface area contributed by atoms with E-state index >= 15 is 0 Å². The molecule has 0 amide bonds. The van der Waals surface area contributed by atoms with Crippen LogP contribution in [-0.2, 0) is 4.74 Å². The van der Waals surface area contributed by atoms with Gasteiger partial charge in [-0.05, 0) is 85.7 Å². The minimum atomic E-state index is -0.608. The normalized spacial score (nSPS) is 46.0. The van der Waals surface area contributed by atoms with Crippen molar-refractivity contribution in [3.63, 3.8) is 0 Å². The van der Waals surface area contributed by atoms with E-state index in [0.717, 1.165) is 50.9 Å². The SMILES string of the molecule is CC.CC12CCOC[C@H]1CCC1C2CC[C@]2(C)C(c3ccc(=O)oc3)CC[C@]12O. The van der Waals surface area contributed by atoms with E-state index in [4.69, 9.17) is 9.15 Å². The predicted octanol–water partition coefficient (Wildman–Crippen LogP) is 5.14. The molecule has 2 heterocycles. The Balaban J connectivity index is 0.000000994. The Morgan fingerprint density at radius 3 is 2.52 bits per heavy atom. The number of aliphatic hydroxyl groups is 1. The summed E-state index contributed by atoms with van der Waals surface area (Å²) in [5.41, 5.74) is 0.352. The molecule has 1 saturated heterocycles. The molecule has 4 unspecified atom stereocenters. The molecule has 1 aromatic heterocycles. The zero-order valence-corrected chi connectivity index (χ0v) is 18.6. The molecule has 4 aliphatic rings. The molecule has 1 aromatic rings. The maximum absolute atomic E-state index is 12.1. The van der Waals surface area contributed by atoms with Crippen molar-refractivity contribution in [2.45, 2.75) is 84.2 Å². The number of hydrogen-bond donors (Lipinski definition) is 1. The Bertz CT molecular complexity index is 767. The lowest BCUT2D eigenvalue weighted by atomic mass is 9.44. The van der Waals surface area contributed by atoms with Crippen LogP contribution < -0.4 is 5.63 Å². The third kappa shape index (κ3) is 2.96. The van der Waals surface area contributed by atoms with E-state index in [1.807, 2.05) is 19.9 Å². The largest absolute Gasteiger partial charge is 0.431 e. The van der Waals surface area contributed by atoms with Crippen molar-refractivity contribution in [2.24, 2.45) is 28.6 Å². The molecule has 4 heteroatoms. The predicted molar refractivity (Wildman–Crippen MR) is 114 cm³/mol. The second-order valence-electron chi connectivity index (χ2n) is 10.2. The summed E-state index contributed by atoms with van der Waals surface area (Å²) in [6.45, 7) is 10.5. The van der Waals surface area contributed by atoms with Crippen LogP contribution in [0.25, 0.3) is 0 Å². The van der Waals surface area contributed by atoms with Crippen LogP contribution in [0.5, 0.6) is 0 Å². The molecule has 0 spiro atoms. The Labute approximate surface area is 175 Å². The van der Waals surface area contributed by atoms with Crippen LogP contribution >= 0.6 is 0 Å². The van der Waals surface area contributed by atoms with Crippen molar-refractivity contribution in [1.29, 1.82) is 0 Å². The van der Waals surface area contributed by atoms with Gasteiger partial charge in [-0.15, -0.1) is 0 Å². The smallest absolute Gasteiger partial charge is 0.335 e. The van der Waals surface area contributed by atoms with Crippen molar-refractivity contribution in [2.75, 3.05) is 13.2 Å². The molecule has 0 bridgehead atoms. The van der Waals surface area contributed by atoms with Crippen LogP contribution in [0.2, 0.25) is 0 Å². The van der Waals surface area contributed by atoms with Gasteiger partial charge in [0.05, 0.1) is 11.9 Å². The van der Waals surface area contributed by atoms with Gasteiger partial charge >= 0.3 is 5.63 Å². The van der Waals surface area contributed by atoms with E-state index in [-0.39, 0.29) is 17.0 Å². The highest BCUT2D eigenvalue weighted by molar-refractivity contribution is 5.26. The van der Waals surface area contributed by atoms with Crippen LogP contribution in [0, 0.1) is 28.6 Å². The molecule has 7 atom stereocenters. The van der Waals surface area contributed by atoms with Crippen molar-refractivity contribution in [3.8, 4) is 0 Å². The van der Waals surface area contributed by atoms with Crippen LogP contribution in [-0.4, -0.2) is 23.9 Å². The molecular weight excluding hydrogens is 364 g/mol. The van der Waals surface area contributed by atoms with Crippen molar-refractivity contribution in [1.82, 2.24) is 0 Å². The molecular formula is C25H38O4. The van der Waals surface area contributed by atoms with Crippen LogP contribution in [0.4, 0.5) is 0 Å². The van der Waals surface area contributed by atoms with Gasteiger partial charge in [0.1, 0.15) is 0 Å². The second-order valence-corrected chi connectivity index (χ2v) is 10.2. The molecule has 1 N–H and O–H groups in total. The summed E-state index contributed by atoms with van der Waals surface area (Å²) in [4.78, 5) is 11.4. The first-order valence-electron chi connectivity index (χ1n) is 11.8. The van der Waals surface area contributed by atoms with Crippen LogP contribution in [0.3, 0.4) is 0 Å². The van der Waals surface area contributed by atoms with E-state index < -0.39 is 5.60 Å². The molecule has 3 aliphatic carbocycles. The fraction of sp³-hybridized carbons (Fsp3) is 0.800. The van der Waals surface area contributed by atoms with Gasteiger partial charge in [-0.1, -0.05) is 27.7 Å². The molecule has 4 fully saturated rings.